The van der Waals surface area contributed by atoms with Crippen LogP contribution in [0.25, 0.3) is 11.3 Å². The van der Waals surface area contributed by atoms with Gasteiger partial charge in [0.25, 0.3) is 0 Å². The average molecular weight is 516 g/mol. The minimum atomic E-state index is -2.27. The zero-order valence-electron chi connectivity index (χ0n) is 19.4. The number of carboxylic acid groups (broad SMARTS) is 2. The van der Waals surface area contributed by atoms with E-state index in [0.29, 0.717) is 5.02 Å². The summed E-state index contributed by atoms with van der Waals surface area (Å²) in [4.78, 5) is 21.9. The minimum absolute atomic E-state index is 0.0204. The van der Waals surface area contributed by atoms with Crippen LogP contribution < -0.4 is 4.74 Å². The van der Waals surface area contributed by atoms with Gasteiger partial charge in [-0.25, -0.2) is 9.59 Å². The molecule has 2 aromatic carbocycles. The van der Waals surface area contributed by atoms with Crippen molar-refractivity contribution >= 4 is 23.5 Å². The zero-order valence-corrected chi connectivity index (χ0v) is 20.1. The first-order valence-electron chi connectivity index (χ1n) is 11.0. The summed E-state index contributed by atoms with van der Waals surface area (Å²) in [6.07, 6.45) is -1.88. The van der Waals surface area contributed by atoms with E-state index in [0.717, 1.165) is 36.5 Å². The molecule has 0 saturated heterocycles. The number of aliphatic carboxylic acids is 2. The molecule has 2 heterocycles. The summed E-state index contributed by atoms with van der Waals surface area (Å²) in [5, 5.41) is 41.5. The van der Waals surface area contributed by atoms with Crippen molar-refractivity contribution in [2.75, 3.05) is 13.6 Å². The summed E-state index contributed by atoms with van der Waals surface area (Å²) in [6, 6.07) is 17.9. The van der Waals surface area contributed by atoms with Crippen LogP contribution in [-0.2, 0) is 16.1 Å². The van der Waals surface area contributed by atoms with Gasteiger partial charge in [0.2, 0.25) is 0 Å². The van der Waals surface area contributed by atoms with Crippen LogP contribution in [0, 0.1) is 0 Å². The Bertz CT molecular complexity index is 1160. The molecule has 3 atom stereocenters. The zero-order chi connectivity index (χ0) is 26.2. The summed E-state index contributed by atoms with van der Waals surface area (Å²) < 4.78 is 6.30. The Balaban J connectivity index is 0.000000308. The highest BCUT2D eigenvalue weighted by atomic mass is 35.5. The minimum Gasteiger partial charge on any atom is -0.486 e. The summed E-state index contributed by atoms with van der Waals surface area (Å²) in [7, 11) is 2.14. The van der Waals surface area contributed by atoms with Crippen molar-refractivity contribution in [1.29, 1.82) is 0 Å². The van der Waals surface area contributed by atoms with E-state index in [1.807, 2.05) is 36.4 Å². The highest BCUT2D eigenvalue weighted by Gasteiger charge is 2.29. The molecule has 0 fully saturated rings. The lowest BCUT2D eigenvalue weighted by Crippen LogP contribution is -2.39. The third-order valence-electron chi connectivity index (χ3n) is 5.47. The van der Waals surface area contributed by atoms with Gasteiger partial charge in [-0.05, 0) is 60.6 Å². The molecule has 0 radical (unpaired) electrons. The molecule has 36 heavy (non-hydrogen) atoms. The number of halogens is 1. The van der Waals surface area contributed by atoms with Gasteiger partial charge in [-0.2, -0.15) is 10.2 Å². The van der Waals surface area contributed by atoms with Crippen molar-refractivity contribution in [2.24, 2.45) is 0 Å². The summed E-state index contributed by atoms with van der Waals surface area (Å²) in [5.41, 5.74) is 4.47. The van der Waals surface area contributed by atoms with Gasteiger partial charge < -0.3 is 30.1 Å². The average Bonchev–Trinajstić information content (AvgIpc) is 3.02. The molecule has 0 spiro atoms. The predicted molar refractivity (Wildman–Crippen MR) is 131 cm³/mol. The van der Waals surface area contributed by atoms with Crippen LogP contribution >= 0.6 is 11.6 Å². The van der Waals surface area contributed by atoms with E-state index in [1.165, 1.54) is 11.1 Å². The van der Waals surface area contributed by atoms with Crippen LogP contribution in [0.4, 0.5) is 0 Å². The van der Waals surface area contributed by atoms with Gasteiger partial charge in [0.15, 0.2) is 12.2 Å². The summed E-state index contributed by atoms with van der Waals surface area (Å²) in [6.45, 7) is 1.87. The van der Waals surface area contributed by atoms with E-state index < -0.39 is 24.1 Å². The molecule has 1 aromatic heterocycles. The normalized spacial score (nSPS) is 16.9. The molecule has 0 amide bonds. The van der Waals surface area contributed by atoms with E-state index in [2.05, 4.69) is 40.3 Å². The van der Waals surface area contributed by atoms with Crippen LogP contribution in [0.2, 0.25) is 5.02 Å². The number of rotatable bonds is 6. The summed E-state index contributed by atoms with van der Waals surface area (Å²) in [5.74, 6) is -2.70. The smallest absolute Gasteiger partial charge is 0.335 e. The molecule has 1 aliphatic rings. The number of ether oxygens (including phenoxy) is 1. The molecule has 190 valence electrons. The van der Waals surface area contributed by atoms with Crippen LogP contribution in [0.1, 0.15) is 23.7 Å². The first-order chi connectivity index (χ1) is 17.2. The van der Waals surface area contributed by atoms with Gasteiger partial charge >= 0.3 is 11.9 Å². The lowest BCUT2D eigenvalue weighted by molar-refractivity contribution is -0.165. The van der Waals surface area contributed by atoms with Crippen molar-refractivity contribution in [3.63, 3.8) is 0 Å². The molecular formula is C25H26ClN3O7. The fraction of sp³-hybridized carbons (Fsp3) is 0.280. The number of nitrogens with zero attached hydrogens (tertiary/aromatic N) is 3. The monoisotopic (exact) mass is 515 g/mol. The maximum atomic E-state index is 9.77. The molecule has 0 saturated carbocycles. The topological polar surface area (TPSA) is 153 Å². The number of fused-ring (bicyclic) bond motifs is 1. The Morgan fingerprint density at radius 2 is 1.72 bits per heavy atom. The van der Waals surface area contributed by atoms with Crippen LogP contribution in [0.5, 0.6) is 5.75 Å². The van der Waals surface area contributed by atoms with Gasteiger partial charge in [-0.15, -0.1) is 0 Å². The Labute approximate surface area is 212 Å². The van der Waals surface area contributed by atoms with Gasteiger partial charge in [0, 0.05) is 36.3 Å². The standard InChI is InChI=1S/C21H20ClN3O.C4H6O6/c1-25-12-10-21(26-18-7-5-17(22)6-8-18)19-9-4-15(13-16(19)14-25)20-3-2-11-23-24-20;5-1(3(7)8)2(6)4(9)10/h2-9,11,13,21H,10,12,14H2,1H3;1-2,5-6H,(H,7,8)(H,9,10). The SMILES string of the molecule is CN1CCC(Oc2ccc(Cl)cc2)c2ccc(-c3cccnn3)cc2C1.O=C(O)C(O)C(O)C(=O)O. The molecule has 3 aromatic rings. The van der Waals surface area contributed by atoms with E-state index >= 15 is 0 Å². The first-order valence-corrected chi connectivity index (χ1v) is 11.4. The van der Waals surface area contributed by atoms with Gasteiger partial charge in [-0.1, -0.05) is 23.7 Å². The first kappa shape index (κ1) is 27.0. The van der Waals surface area contributed by atoms with Crippen LogP contribution in [0.3, 0.4) is 0 Å². The Kier molecular flexibility index (Phi) is 9.31. The highest BCUT2D eigenvalue weighted by molar-refractivity contribution is 6.30. The number of carboxylic acids is 2. The number of hydrogen-bond acceptors (Lipinski definition) is 8. The number of aliphatic hydroxyl groups excluding tert-OH is 2. The van der Waals surface area contributed by atoms with Crippen molar-refractivity contribution in [2.45, 2.75) is 31.3 Å². The number of benzene rings is 2. The van der Waals surface area contributed by atoms with Gasteiger partial charge in [-0.3, -0.25) is 0 Å². The lowest BCUT2D eigenvalue weighted by atomic mass is 9.97. The second-order valence-electron chi connectivity index (χ2n) is 8.18. The quantitative estimate of drug-likeness (QED) is 0.385. The van der Waals surface area contributed by atoms with E-state index in [4.69, 9.17) is 36.8 Å². The maximum absolute atomic E-state index is 9.77. The van der Waals surface area contributed by atoms with E-state index in [9.17, 15) is 9.59 Å². The highest BCUT2D eigenvalue weighted by Crippen LogP contribution is 2.33. The molecule has 3 unspecified atom stereocenters. The number of aliphatic hydroxyl groups is 2. The second kappa shape index (κ2) is 12.4. The largest absolute Gasteiger partial charge is 0.486 e. The Hall–Kier alpha value is -3.57. The molecule has 0 bridgehead atoms. The van der Waals surface area contributed by atoms with Gasteiger partial charge in [0.05, 0.1) is 5.69 Å². The van der Waals surface area contributed by atoms with Crippen molar-refractivity contribution in [3.8, 4) is 17.0 Å². The van der Waals surface area contributed by atoms with Crippen molar-refractivity contribution in [1.82, 2.24) is 15.1 Å². The van der Waals surface area contributed by atoms with Gasteiger partial charge in [0.1, 0.15) is 11.9 Å². The summed E-state index contributed by atoms with van der Waals surface area (Å²) >= 11 is 5.98. The lowest BCUT2D eigenvalue weighted by Gasteiger charge is -2.20. The van der Waals surface area contributed by atoms with E-state index in [-0.39, 0.29) is 6.10 Å². The maximum Gasteiger partial charge on any atom is 0.335 e. The molecule has 4 rings (SSSR count). The molecule has 1 aliphatic heterocycles. The molecule has 0 aliphatic carbocycles. The van der Waals surface area contributed by atoms with Crippen LogP contribution in [0.15, 0.2) is 60.8 Å². The predicted octanol–water partition coefficient (Wildman–Crippen LogP) is 2.63. The number of carbonyl (C=O) groups is 2. The molecular weight excluding hydrogens is 490 g/mol. The number of aromatic nitrogens is 2. The Morgan fingerprint density at radius 1 is 1.06 bits per heavy atom. The molecule has 4 N–H and O–H groups in total. The van der Waals surface area contributed by atoms with Crippen LogP contribution in [-0.4, -0.2) is 73.3 Å². The third-order valence-corrected chi connectivity index (χ3v) is 5.72. The molecule has 11 heteroatoms. The fourth-order valence-corrected chi connectivity index (χ4v) is 3.73. The van der Waals surface area contributed by atoms with Crippen molar-refractivity contribution in [3.05, 3.63) is 76.9 Å². The number of hydrogen-bond donors (Lipinski definition) is 4. The fourth-order valence-electron chi connectivity index (χ4n) is 3.60. The molecule has 10 nitrogen and oxygen atoms in total. The van der Waals surface area contributed by atoms with E-state index in [1.54, 1.807) is 6.20 Å². The second-order valence-corrected chi connectivity index (χ2v) is 8.61. The Morgan fingerprint density at radius 3 is 2.31 bits per heavy atom. The third kappa shape index (κ3) is 7.22. The van der Waals surface area contributed by atoms with Crippen molar-refractivity contribution < 1.29 is 34.8 Å².